The fourth-order valence-electron chi connectivity index (χ4n) is 7.19. The molecule has 272 valence electrons. The molecule has 0 spiro atoms. The summed E-state index contributed by atoms with van der Waals surface area (Å²) in [6.07, 6.45) is 10.9. The van der Waals surface area contributed by atoms with Crippen LogP contribution in [0.3, 0.4) is 0 Å². The predicted molar refractivity (Wildman–Crippen MR) is 209 cm³/mol. The van der Waals surface area contributed by atoms with Crippen molar-refractivity contribution in [3.05, 3.63) is 59.7 Å². The van der Waals surface area contributed by atoms with E-state index in [0.717, 1.165) is 68.9 Å². The van der Waals surface area contributed by atoms with Gasteiger partial charge in [-0.3, -0.25) is 24.3 Å². The average molecular weight is 789 g/mol. The van der Waals surface area contributed by atoms with E-state index >= 15 is 0 Å². The normalized spacial score (nSPS) is 16.0. The number of amides is 1. The van der Waals surface area contributed by atoms with E-state index in [1.54, 1.807) is 50.6 Å². The van der Waals surface area contributed by atoms with Crippen LogP contribution in [-0.4, -0.2) is 111 Å². The van der Waals surface area contributed by atoms with Crippen LogP contribution in [0, 0.1) is 0 Å². The summed E-state index contributed by atoms with van der Waals surface area (Å²) in [6.45, 7) is 10.3. The second kappa shape index (κ2) is 14.8. The minimum atomic E-state index is -2.78. The fourth-order valence-corrected chi connectivity index (χ4v) is 8.88. The summed E-state index contributed by atoms with van der Waals surface area (Å²) in [5, 5.41) is 11.9. The minimum Gasteiger partial charge on any atom is -0.494 e. The highest BCUT2D eigenvalue weighted by Crippen LogP contribution is 2.43. The Balaban J connectivity index is 1.16. The van der Waals surface area contributed by atoms with Gasteiger partial charge >= 0.3 is 0 Å². The van der Waals surface area contributed by atoms with Gasteiger partial charge in [0.1, 0.15) is 24.2 Å². The minimum absolute atomic E-state index is 0.157. The Kier molecular flexibility index (Phi) is 10.2. The van der Waals surface area contributed by atoms with E-state index in [0.29, 0.717) is 55.7 Å². The van der Waals surface area contributed by atoms with Crippen LogP contribution in [0.2, 0.25) is 0 Å². The molecule has 0 saturated carbocycles. The Morgan fingerprint density at radius 2 is 1.71 bits per heavy atom. The number of hydrogen-bond donors (Lipinski definition) is 2. The molecule has 2 aliphatic rings. The number of hydrogen-bond acceptors (Lipinski definition) is 12. The largest absolute Gasteiger partial charge is 0.494 e. The van der Waals surface area contributed by atoms with E-state index in [1.807, 2.05) is 36.5 Å². The first-order valence-electron chi connectivity index (χ1n) is 17.3. The summed E-state index contributed by atoms with van der Waals surface area (Å²) in [4.78, 5) is 37.0. The van der Waals surface area contributed by atoms with E-state index in [9.17, 15) is 9.36 Å². The lowest BCUT2D eigenvalue weighted by Gasteiger charge is -2.43. The van der Waals surface area contributed by atoms with Gasteiger partial charge in [-0.25, -0.2) is 4.98 Å². The zero-order valence-electron chi connectivity index (χ0n) is 30.0. The van der Waals surface area contributed by atoms with Gasteiger partial charge in [-0.15, -0.1) is 0 Å². The molecule has 7 rings (SSSR count). The Bertz CT molecular complexity index is 2160. The summed E-state index contributed by atoms with van der Waals surface area (Å²) in [7, 11) is 0.796. The van der Waals surface area contributed by atoms with Crippen molar-refractivity contribution < 1.29 is 14.1 Å². The average Bonchev–Trinajstić information content (AvgIpc) is 3.58. The van der Waals surface area contributed by atoms with Crippen molar-refractivity contribution in [1.82, 2.24) is 39.5 Å². The van der Waals surface area contributed by atoms with E-state index in [1.165, 1.54) is 0 Å². The molecule has 2 N–H and O–H groups in total. The lowest BCUT2D eigenvalue weighted by atomic mass is 9.98. The quantitative estimate of drug-likeness (QED) is 0.183. The van der Waals surface area contributed by atoms with Crippen molar-refractivity contribution in [2.24, 2.45) is 7.05 Å². The van der Waals surface area contributed by atoms with Gasteiger partial charge in [0.05, 0.1) is 40.0 Å². The number of aromatic nitrogens is 6. The molecule has 1 amide bonds. The molecule has 0 bridgehead atoms. The van der Waals surface area contributed by atoms with E-state index in [-0.39, 0.29) is 5.91 Å². The number of rotatable bonds is 9. The molecule has 2 aromatic carbocycles. The van der Waals surface area contributed by atoms with Crippen LogP contribution in [-0.2, 0) is 16.4 Å². The van der Waals surface area contributed by atoms with Crippen LogP contribution in [0.1, 0.15) is 19.8 Å². The van der Waals surface area contributed by atoms with Crippen molar-refractivity contribution in [3.8, 4) is 16.9 Å². The maximum absolute atomic E-state index is 13.5. The summed E-state index contributed by atoms with van der Waals surface area (Å²) < 4.78 is 21.9. The predicted octanol–water partition coefficient (Wildman–Crippen LogP) is 5.46. The van der Waals surface area contributed by atoms with E-state index in [2.05, 4.69) is 68.5 Å². The fraction of sp³-hybridized carbons (Fsp3) is 0.389. The SMILES string of the molecule is COc1cc(N2CCC(N3CCN(C(C)=O)CC3)CC2)c(-c2cnn(C)c2)cc1Nc1ncc(Br)c(Nc2ccc3nccnc3c2P(C)(C)=O)n1. The molecule has 52 heavy (non-hydrogen) atoms. The number of piperazine rings is 1. The maximum atomic E-state index is 13.5. The summed E-state index contributed by atoms with van der Waals surface area (Å²) >= 11 is 3.59. The standard InChI is InChI=1S/C36H43BrN11O3P/c1-23(49)46-14-16-47(17-15-46)25-8-12-48(13-9-25)31-19-32(51-3)30(18-26(31)24-20-41-45(2)22-24)43-36-40-21-27(37)35(44-36)42-29-7-6-28-33(39-11-10-38-28)34(29)52(4,5)50/h6-7,10-11,18-22,25H,8-9,12-17H2,1-5H3,(H2,40,42,43,44). The van der Waals surface area contributed by atoms with Gasteiger partial charge in [0.25, 0.3) is 0 Å². The summed E-state index contributed by atoms with van der Waals surface area (Å²) in [5.74, 6) is 1.64. The van der Waals surface area contributed by atoms with Crippen LogP contribution in [0.4, 0.5) is 28.8 Å². The molecular weight excluding hydrogens is 745 g/mol. The van der Waals surface area contributed by atoms with Gasteiger partial charge in [0.2, 0.25) is 11.9 Å². The molecule has 16 heteroatoms. The van der Waals surface area contributed by atoms with E-state index < -0.39 is 7.14 Å². The number of anilines is 5. The summed E-state index contributed by atoms with van der Waals surface area (Å²) in [5.41, 5.74) is 5.67. The molecule has 14 nitrogen and oxygen atoms in total. The Labute approximate surface area is 311 Å². The second-order valence-corrected chi connectivity index (χ2v) is 17.6. The number of nitrogens with zero attached hydrogens (tertiary/aromatic N) is 9. The number of aryl methyl sites for hydroxylation is 1. The number of nitrogens with one attached hydrogen (secondary N) is 2. The van der Waals surface area contributed by atoms with Crippen LogP contribution in [0.5, 0.6) is 5.75 Å². The maximum Gasteiger partial charge on any atom is 0.229 e. The van der Waals surface area contributed by atoms with Crippen molar-refractivity contribution >= 4 is 74.1 Å². The van der Waals surface area contributed by atoms with E-state index in [4.69, 9.17) is 9.72 Å². The zero-order valence-corrected chi connectivity index (χ0v) is 32.5. The second-order valence-electron chi connectivity index (χ2n) is 13.6. The molecule has 2 fully saturated rings. The van der Waals surface area contributed by atoms with Crippen molar-refractivity contribution in [2.45, 2.75) is 25.8 Å². The molecule has 2 aliphatic heterocycles. The third-order valence-electron chi connectivity index (χ3n) is 9.81. The Morgan fingerprint density at radius 3 is 2.38 bits per heavy atom. The van der Waals surface area contributed by atoms with Crippen molar-refractivity contribution in [1.29, 1.82) is 0 Å². The number of benzene rings is 2. The zero-order chi connectivity index (χ0) is 36.6. The number of methoxy groups -OCH3 is 1. The van der Waals surface area contributed by atoms with Gasteiger partial charge in [0, 0.05) is 107 Å². The Hall–Kier alpha value is -4.59. The van der Waals surface area contributed by atoms with Crippen LogP contribution in [0.25, 0.3) is 22.2 Å². The molecule has 0 unspecified atom stereocenters. The van der Waals surface area contributed by atoms with Gasteiger partial charge in [-0.2, -0.15) is 10.1 Å². The lowest BCUT2D eigenvalue weighted by Crippen LogP contribution is -2.54. The van der Waals surface area contributed by atoms with Gasteiger partial charge in [0.15, 0.2) is 0 Å². The third kappa shape index (κ3) is 7.48. The number of carbonyl (C=O) groups is 1. The Morgan fingerprint density at radius 1 is 0.962 bits per heavy atom. The third-order valence-corrected chi connectivity index (χ3v) is 11.9. The topological polar surface area (TPSA) is 147 Å². The monoisotopic (exact) mass is 787 g/mol. The molecular formula is C36H43BrN11O3P. The first kappa shape index (κ1) is 35.8. The van der Waals surface area contributed by atoms with Crippen molar-refractivity contribution in [2.75, 3.05) is 75.2 Å². The summed E-state index contributed by atoms with van der Waals surface area (Å²) in [6, 6.07) is 8.35. The number of carbonyl (C=O) groups excluding carboxylic acids is 1. The number of piperidine rings is 1. The van der Waals surface area contributed by atoms with Crippen LogP contribution < -0.4 is 25.6 Å². The number of ether oxygens (including phenoxy) is 1. The highest BCUT2D eigenvalue weighted by Gasteiger charge is 2.30. The molecule has 5 aromatic rings. The number of fused-ring (bicyclic) bond motifs is 1. The highest BCUT2D eigenvalue weighted by atomic mass is 79.9. The lowest BCUT2D eigenvalue weighted by molar-refractivity contribution is -0.130. The smallest absolute Gasteiger partial charge is 0.229 e. The van der Waals surface area contributed by atoms with Crippen LogP contribution >= 0.6 is 23.1 Å². The van der Waals surface area contributed by atoms with Crippen molar-refractivity contribution in [3.63, 3.8) is 0 Å². The first-order chi connectivity index (χ1) is 25.0. The molecule has 0 radical (unpaired) electrons. The van der Waals surface area contributed by atoms with Gasteiger partial charge < -0.3 is 29.7 Å². The van der Waals surface area contributed by atoms with Crippen LogP contribution in [0.15, 0.2) is 59.7 Å². The molecule has 2 saturated heterocycles. The highest BCUT2D eigenvalue weighted by molar-refractivity contribution is 9.10. The van der Waals surface area contributed by atoms with Gasteiger partial charge in [-0.1, -0.05) is 0 Å². The molecule has 5 heterocycles. The molecule has 3 aromatic heterocycles. The molecule has 0 atom stereocenters. The number of halogens is 1. The first-order valence-corrected chi connectivity index (χ1v) is 20.7. The van der Waals surface area contributed by atoms with Gasteiger partial charge in [-0.05, 0) is 60.3 Å². The molecule has 0 aliphatic carbocycles.